The maximum atomic E-state index is 12.3. The van der Waals surface area contributed by atoms with Crippen molar-refractivity contribution < 1.29 is 9.32 Å². The Morgan fingerprint density at radius 3 is 2.62 bits per heavy atom. The van der Waals surface area contributed by atoms with Gasteiger partial charge in [-0.05, 0) is 12.1 Å². The van der Waals surface area contributed by atoms with Gasteiger partial charge >= 0.3 is 0 Å². The lowest BCUT2D eigenvalue weighted by Crippen LogP contribution is -2.48. The first-order valence-electron chi connectivity index (χ1n) is 8.24. The van der Waals surface area contributed by atoms with Crippen LogP contribution in [0.4, 0.5) is 0 Å². The average molecular weight is 346 g/mol. The van der Waals surface area contributed by atoms with Crippen LogP contribution in [-0.4, -0.2) is 57.8 Å². The van der Waals surface area contributed by atoms with Crippen LogP contribution < -0.4 is 0 Å². The van der Waals surface area contributed by atoms with Crippen molar-refractivity contribution in [3.8, 4) is 0 Å². The van der Waals surface area contributed by atoms with E-state index in [1.165, 1.54) is 0 Å². The molecule has 0 saturated carbocycles. The van der Waals surface area contributed by atoms with Crippen molar-refractivity contribution in [1.29, 1.82) is 0 Å². The van der Waals surface area contributed by atoms with Gasteiger partial charge in [-0.1, -0.05) is 30.3 Å². The van der Waals surface area contributed by atoms with Gasteiger partial charge in [0.1, 0.15) is 0 Å². The van der Waals surface area contributed by atoms with E-state index in [1.807, 2.05) is 42.2 Å². The number of thioether (sulfide) groups is 1. The molecule has 0 radical (unpaired) electrons. The number of hydrogen-bond acceptors (Lipinski definition) is 6. The third kappa shape index (κ3) is 4.58. The monoisotopic (exact) mass is 346 g/mol. The molecule has 7 heteroatoms. The van der Waals surface area contributed by atoms with E-state index >= 15 is 0 Å². The topological polar surface area (TPSA) is 62.5 Å². The fraction of sp³-hybridized carbons (Fsp3) is 0.471. The number of rotatable bonds is 6. The molecule has 0 N–H and O–H groups in total. The Hall–Kier alpha value is -1.86. The van der Waals surface area contributed by atoms with E-state index < -0.39 is 0 Å². The van der Waals surface area contributed by atoms with Crippen molar-refractivity contribution in [1.82, 2.24) is 19.9 Å². The first kappa shape index (κ1) is 17.0. The van der Waals surface area contributed by atoms with Crippen LogP contribution >= 0.6 is 11.8 Å². The third-order valence-electron chi connectivity index (χ3n) is 4.01. The summed E-state index contributed by atoms with van der Waals surface area (Å²) in [6.07, 6.45) is 0.758. The van der Waals surface area contributed by atoms with Gasteiger partial charge in [0, 0.05) is 37.5 Å². The van der Waals surface area contributed by atoms with Gasteiger partial charge in [0.05, 0.1) is 12.3 Å². The Bertz CT molecular complexity index is 654. The quantitative estimate of drug-likeness (QED) is 0.746. The zero-order chi connectivity index (χ0) is 16.8. The SMILES string of the molecule is CCc1nc(CN2CCN(C(=O)CSc3ccccc3)CC2)no1. The molecule has 1 saturated heterocycles. The number of hydrogen-bond donors (Lipinski definition) is 0. The molecule has 6 nitrogen and oxygen atoms in total. The van der Waals surface area contributed by atoms with Crippen LogP contribution in [0.3, 0.4) is 0 Å². The molecule has 0 spiro atoms. The normalized spacial score (nSPS) is 15.6. The molecule has 1 aromatic carbocycles. The summed E-state index contributed by atoms with van der Waals surface area (Å²) in [7, 11) is 0. The van der Waals surface area contributed by atoms with Crippen LogP contribution in [0, 0.1) is 0 Å². The Labute approximate surface area is 146 Å². The molecule has 24 heavy (non-hydrogen) atoms. The number of nitrogens with zero attached hydrogens (tertiary/aromatic N) is 4. The number of aromatic nitrogens is 2. The van der Waals surface area contributed by atoms with Gasteiger partial charge in [0.15, 0.2) is 5.82 Å². The van der Waals surface area contributed by atoms with Crippen LogP contribution in [0.15, 0.2) is 39.8 Å². The fourth-order valence-corrected chi connectivity index (χ4v) is 3.43. The lowest BCUT2D eigenvalue weighted by Gasteiger charge is -2.34. The molecule has 2 aromatic rings. The number of carbonyl (C=O) groups is 1. The second kappa shape index (κ2) is 8.30. The van der Waals surface area contributed by atoms with Crippen molar-refractivity contribution in [2.75, 3.05) is 31.9 Å². The number of carbonyl (C=O) groups excluding carboxylic acids is 1. The van der Waals surface area contributed by atoms with Crippen molar-refractivity contribution >= 4 is 17.7 Å². The molecule has 1 fully saturated rings. The minimum Gasteiger partial charge on any atom is -0.339 e. The highest BCUT2D eigenvalue weighted by Crippen LogP contribution is 2.18. The van der Waals surface area contributed by atoms with Gasteiger partial charge in [-0.25, -0.2) is 0 Å². The molecular formula is C17H22N4O2S. The molecule has 0 atom stereocenters. The Balaban J connectivity index is 1.42. The van der Waals surface area contributed by atoms with Crippen LogP contribution in [-0.2, 0) is 17.8 Å². The van der Waals surface area contributed by atoms with Crippen molar-refractivity contribution in [3.05, 3.63) is 42.0 Å². The van der Waals surface area contributed by atoms with Gasteiger partial charge in [-0.15, -0.1) is 11.8 Å². The average Bonchev–Trinajstić information content (AvgIpc) is 3.09. The number of aryl methyl sites for hydroxylation is 1. The van der Waals surface area contributed by atoms with E-state index in [-0.39, 0.29) is 5.91 Å². The van der Waals surface area contributed by atoms with E-state index in [0.717, 1.165) is 43.3 Å². The molecular weight excluding hydrogens is 324 g/mol. The highest BCUT2D eigenvalue weighted by Gasteiger charge is 2.22. The molecule has 1 amide bonds. The zero-order valence-electron chi connectivity index (χ0n) is 13.9. The van der Waals surface area contributed by atoms with Crippen LogP contribution in [0.5, 0.6) is 0 Å². The largest absolute Gasteiger partial charge is 0.339 e. The van der Waals surface area contributed by atoms with Gasteiger partial charge in [0.2, 0.25) is 11.8 Å². The van der Waals surface area contributed by atoms with E-state index in [0.29, 0.717) is 18.2 Å². The van der Waals surface area contributed by atoms with Crippen LogP contribution in [0.25, 0.3) is 0 Å². The summed E-state index contributed by atoms with van der Waals surface area (Å²) >= 11 is 1.59. The molecule has 2 heterocycles. The van der Waals surface area contributed by atoms with Gasteiger partial charge in [-0.3, -0.25) is 9.69 Å². The second-order valence-corrected chi connectivity index (χ2v) is 6.77. The van der Waals surface area contributed by atoms with Gasteiger partial charge < -0.3 is 9.42 Å². The highest BCUT2D eigenvalue weighted by atomic mass is 32.2. The second-order valence-electron chi connectivity index (χ2n) is 5.72. The maximum Gasteiger partial charge on any atom is 0.233 e. The van der Waals surface area contributed by atoms with Gasteiger partial charge in [-0.2, -0.15) is 4.98 Å². The molecule has 3 rings (SSSR count). The van der Waals surface area contributed by atoms with Gasteiger partial charge in [0.25, 0.3) is 0 Å². The fourth-order valence-electron chi connectivity index (χ4n) is 2.61. The van der Waals surface area contributed by atoms with Crippen LogP contribution in [0.1, 0.15) is 18.6 Å². The standard InChI is InChI=1S/C17H22N4O2S/c1-2-16-18-15(19-23-16)12-20-8-10-21(11-9-20)17(22)13-24-14-6-4-3-5-7-14/h3-7H,2,8-13H2,1H3. The van der Waals surface area contributed by atoms with E-state index in [9.17, 15) is 4.79 Å². The van der Waals surface area contributed by atoms with Crippen LogP contribution in [0.2, 0.25) is 0 Å². The van der Waals surface area contributed by atoms with Crippen molar-refractivity contribution in [3.63, 3.8) is 0 Å². The first-order valence-corrected chi connectivity index (χ1v) is 9.22. The summed E-state index contributed by atoms with van der Waals surface area (Å²) in [5.74, 6) is 2.11. The third-order valence-corrected chi connectivity index (χ3v) is 5.00. The molecule has 0 unspecified atom stereocenters. The number of amides is 1. The zero-order valence-corrected chi connectivity index (χ0v) is 14.7. The summed E-state index contributed by atoms with van der Waals surface area (Å²) in [6.45, 7) is 5.88. The lowest BCUT2D eigenvalue weighted by atomic mass is 10.3. The van der Waals surface area contributed by atoms with Crippen molar-refractivity contribution in [2.45, 2.75) is 24.8 Å². The predicted molar refractivity (Wildman–Crippen MR) is 92.7 cm³/mol. The lowest BCUT2D eigenvalue weighted by molar-refractivity contribution is -0.130. The predicted octanol–water partition coefficient (Wildman–Crippen LogP) is 2.07. The molecule has 128 valence electrons. The molecule has 0 bridgehead atoms. The summed E-state index contributed by atoms with van der Waals surface area (Å²) < 4.78 is 5.13. The molecule has 1 aromatic heterocycles. The summed E-state index contributed by atoms with van der Waals surface area (Å²) in [5.41, 5.74) is 0. The summed E-state index contributed by atoms with van der Waals surface area (Å²) in [5, 5.41) is 3.99. The minimum atomic E-state index is 0.205. The molecule has 0 aliphatic carbocycles. The van der Waals surface area contributed by atoms with E-state index in [1.54, 1.807) is 11.8 Å². The Morgan fingerprint density at radius 1 is 1.21 bits per heavy atom. The summed E-state index contributed by atoms with van der Waals surface area (Å²) in [6, 6.07) is 10.0. The van der Waals surface area contributed by atoms with E-state index in [2.05, 4.69) is 15.0 Å². The minimum absolute atomic E-state index is 0.205. The number of benzene rings is 1. The maximum absolute atomic E-state index is 12.3. The Kier molecular flexibility index (Phi) is 5.87. The number of piperazine rings is 1. The molecule has 1 aliphatic heterocycles. The first-order chi connectivity index (χ1) is 11.7. The van der Waals surface area contributed by atoms with E-state index in [4.69, 9.17) is 4.52 Å². The smallest absolute Gasteiger partial charge is 0.233 e. The Morgan fingerprint density at radius 2 is 1.96 bits per heavy atom. The highest BCUT2D eigenvalue weighted by molar-refractivity contribution is 8.00. The molecule has 1 aliphatic rings. The van der Waals surface area contributed by atoms with Crippen molar-refractivity contribution in [2.24, 2.45) is 0 Å². The summed E-state index contributed by atoms with van der Waals surface area (Å²) in [4.78, 5) is 22.0.